The van der Waals surface area contributed by atoms with Crippen molar-refractivity contribution in [1.29, 1.82) is 0 Å². The molecule has 104 valence electrons. The average molecular weight is 272 g/mol. The Morgan fingerprint density at radius 3 is 2.55 bits per heavy atom. The number of nitro groups is 1. The maximum absolute atomic E-state index is 10.7. The predicted molar refractivity (Wildman–Crippen MR) is 76.7 cm³/mol. The van der Waals surface area contributed by atoms with Gasteiger partial charge in [0.05, 0.1) is 11.0 Å². The number of benzene rings is 2. The Hall–Kier alpha value is -2.40. The number of rotatable bonds is 5. The quantitative estimate of drug-likeness (QED) is 0.670. The summed E-state index contributed by atoms with van der Waals surface area (Å²) in [5.74, 6) is 0.583. The molecule has 0 aromatic heterocycles. The van der Waals surface area contributed by atoms with E-state index in [2.05, 4.69) is 0 Å². The average Bonchev–Trinajstić information content (AvgIpc) is 2.45. The molecule has 2 aromatic rings. The number of aryl methyl sites for hydroxylation is 1. The zero-order valence-electron chi connectivity index (χ0n) is 11.2. The number of hydrogen-bond acceptors (Lipinski definition) is 4. The third kappa shape index (κ3) is 3.33. The van der Waals surface area contributed by atoms with Crippen LogP contribution < -0.4 is 10.5 Å². The largest absolute Gasteiger partial charge is 0.492 e. The fourth-order valence-corrected chi connectivity index (χ4v) is 1.91. The van der Waals surface area contributed by atoms with Gasteiger partial charge in [0.1, 0.15) is 12.4 Å². The lowest BCUT2D eigenvalue weighted by Gasteiger charge is -2.13. The molecule has 0 aliphatic heterocycles. The third-order valence-corrected chi connectivity index (χ3v) is 3.02. The Morgan fingerprint density at radius 1 is 1.25 bits per heavy atom. The van der Waals surface area contributed by atoms with Crippen molar-refractivity contribution in [3.63, 3.8) is 0 Å². The minimum atomic E-state index is -0.408. The summed E-state index contributed by atoms with van der Waals surface area (Å²) in [5.41, 5.74) is 7.68. The zero-order valence-corrected chi connectivity index (χ0v) is 11.2. The Labute approximate surface area is 117 Å². The van der Waals surface area contributed by atoms with Gasteiger partial charge in [0, 0.05) is 11.6 Å². The fraction of sp³-hybridized carbons (Fsp3) is 0.200. The summed E-state index contributed by atoms with van der Waals surface area (Å²) in [4.78, 5) is 10.3. The molecule has 0 heterocycles. The van der Waals surface area contributed by atoms with Gasteiger partial charge < -0.3 is 10.5 Å². The van der Waals surface area contributed by atoms with Gasteiger partial charge in [0.25, 0.3) is 5.69 Å². The second-order valence-corrected chi connectivity index (χ2v) is 4.53. The molecule has 0 saturated carbocycles. The molecule has 1 unspecified atom stereocenters. The number of nitrogens with zero attached hydrogens (tertiary/aromatic N) is 1. The summed E-state index contributed by atoms with van der Waals surface area (Å²) >= 11 is 0. The van der Waals surface area contributed by atoms with E-state index < -0.39 is 4.92 Å². The van der Waals surface area contributed by atoms with E-state index in [0.717, 1.165) is 5.56 Å². The first-order chi connectivity index (χ1) is 9.58. The van der Waals surface area contributed by atoms with E-state index in [1.165, 1.54) is 6.07 Å². The Balaban J connectivity index is 2.01. The first-order valence-electron chi connectivity index (χ1n) is 6.26. The Morgan fingerprint density at radius 2 is 1.95 bits per heavy atom. The van der Waals surface area contributed by atoms with Crippen LogP contribution in [0.5, 0.6) is 5.75 Å². The van der Waals surface area contributed by atoms with Crippen LogP contribution in [-0.4, -0.2) is 11.5 Å². The SMILES string of the molecule is Cc1cc(OCC(N)c2ccccc2)ccc1[N+](=O)[O-]. The normalized spacial score (nSPS) is 11.9. The van der Waals surface area contributed by atoms with Gasteiger partial charge in [0.2, 0.25) is 0 Å². The van der Waals surface area contributed by atoms with Gasteiger partial charge in [-0.1, -0.05) is 30.3 Å². The number of hydrogen-bond donors (Lipinski definition) is 1. The van der Waals surface area contributed by atoms with E-state index in [1.807, 2.05) is 30.3 Å². The molecule has 20 heavy (non-hydrogen) atoms. The molecule has 5 nitrogen and oxygen atoms in total. The van der Waals surface area contributed by atoms with Crippen molar-refractivity contribution >= 4 is 5.69 Å². The van der Waals surface area contributed by atoms with Crippen molar-refractivity contribution in [3.8, 4) is 5.75 Å². The van der Waals surface area contributed by atoms with Crippen molar-refractivity contribution in [2.45, 2.75) is 13.0 Å². The molecule has 0 bridgehead atoms. The van der Waals surface area contributed by atoms with Crippen molar-refractivity contribution in [1.82, 2.24) is 0 Å². The van der Waals surface area contributed by atoms with Gasteiger partial charge in [-0.25, -0.2) is 0 Å². The van der Waals surface area contributed by atoms with Crippen LogP contribution in [0.1, 0.15) is 17.2 Å². The molecule has 0 aliphatic carbocycles. The lowest BCUT2D eigenvalue weighted by Crippen LogP contribution is -2.18. The van der Waals surface area contributed by atoms with E-state index in [-0.39, 0.29) is 11.7 Å². The molecule has 0 spiro atoms. The molecule has 1 atom stereocenters. The molecule has 2 aromatic carbocycles. The van der Waals surface area contributed by atoms with Gasteiger partial charge in [-0.05, 0) is 24.6 Å². The monoisotopic (exact) mass is 272 g/mol. The van der Waals surface area contributed by atoms with Crippen LogP contribution >= 0.6 is 0 Å². The van der Waals surface area contributed by atoms with E-state index >= 15 is 0 Å². The van der Waals surface area contributed by atoms with E-state index in [9.17, 15) is 10.1 Å². The van der Waals surface area contributed by atoms with E-state index in [0.29, 0.717) is 17.9 Å². The molecule has 2 rings (SSSR count). The predicted octanol–water partition coefficient (Wildman–Crippen LogP) is 2.98. The summed E-state index contributed by atoms with van der Waals surface area (Å²) in [5, 5.41) is 10.7. The summed E-state index contributed by atoms with van der Waals surface area (Å²) in [6.45, 7) is 2.00. The van der Waals surface area contributed by atoms with Gasteiger partial charge in [-0.3, -0.25) is 10.1 Å². The van der Waals surface area contributed by atoms with Crippen LogP contribution in [0.25, 0.3) is 0 Å². The minimum Gasteiger partial charge on any atom is -0.492 e. The third-order valence-electron chi connectivity index (χ3n) is 3.02. The van der Waals surface area contributed by atoms with Gasteiger partial charge >= 0.3 is 0 Å². The first-order valence-corrected chi connectivity index (χ1v) is 6.26. The van der Waals surface area contributed by atoms with Crippen LogP contribution in [0.15, 0.2) is 48.5 Å². The highest BCUT2D eigenvalue weighted by molar-refractivity contribution is 5.44. The highest BCUT2D eigenvalue weighted by Crippen LogP contribution is 2.23. The van der Waals surface area contributed by atoms with E-state index in [1.54, 1.807) is 19.1 Å². The smallest absolute Gasteiger partial charge is 0.272 e. The Bertz CT molecular complexity index is 599. The fourth-order valence-electron chi connectivity index (χ4n) is 1.91. The van der Waals surface area contributed by atoms with Crippen molar-refractivity contribution in [2.24, 2.45) is 5.73 Å². The summed E-state index contributed by atoms with van der Waals surface area (Å²) in [7, 11) is 0. The number of nitrogens with two attached hydrogens (primary N) is 1. The second kappa shape index (κ2) is 6.16. The molecule has 0 amide bonds. The van der Waals surface area contributed by atoms with Crippen LogP contribution in [0.4, 0.5) is 5.69 Å². The summed E-state index contributed by atoms with van der Waals surface area (Å²) in [6, 6.07) is 14.1. The highest BCUT2D eigenvalue weighted by Gasteiger charge is 2.12. The molecule has 0 fully saturated rings. The maximum Gasteiger partial charge on any atom is 0.272 e. The van der Waals surface area contributed by atoms with Crippen LogP contribution in [0.2, 0.25) is 0 Å². The molecular weight excluding hydrogens is 256 g/mol. The summed E-state index contributed by atoms with van der Waals surface area (Å²) < 4.78 is 5.59. The molecule has 5 heteroatoms. The minimum absolute atomic E-state index is 0.0877. The van der Waals surface area contributed by atoms with Crippen LogP contribution in [0.3, 0.4) is 0 Å². The summed E-state index contributed by atoms with van der Waals surface area (Å²) in [6.07, 6.45) is 0. The molecule has 0 radical (unpaired) electrons. The van der Waals surface area contributed by atoms with Crippen molar-refractivity contribution < 1.29 is 9.66 Å². The molecule has 0 aliphatic rings. The topological polar surface area (TPSA) is 78.4 Å². The standard InChI is InChI=1S/C15H16N2O3/c1-11-9-13(7-8-15(11)17(18)19)20-10-14(16)12-5-3-2-4-6-12/h2-9,14H,10,16H2,1H3. The highest BCUT2D eigenvalue weighted by atomic mass is 16.6. The van der Waals surface area contributed by atoms with Gasteiger partial charge in [-0.15, -0.1) is 0 Å². The van der Waals surface area contributed by atoms with Crippen LogP contribution in [0, 0.1) is 17.0 Å². The zero-order chi connectivity index (χ0) is 14.5. The molecular formula is C15H16N2O3. The molecule has 0 saturated heterocycles. The van der Waals surface area contributed by atoms with Crippen molar-refractivity contribution in [3.05, 3.63) is 69.8 Å². The lowest BCUT2D eigenvalue weighted by atomic mass is 10.1. The molecule has 2 N–H and O–H groups in total. The van der Waals surface area contributed by atoms with E-state index in [4.69, 9.17) is 10.5 Å². The van der Waals surface area contributed by atoms with Crippen LogP contribution in [-0.2, 0) is 0 Å². The second-order valence-electron chi connectivity index (χ2n) is 4.53. The van der Waals surface area contributed by atoms with Crippen molar-refractivity contribution in [2.75, 3.05) is 6.61 Å². The number of nitro benzene ring substituents is 1. The Kier molecular flexibility index (Phi) is 4.32. The lowest BCUT2D eigenvalue weighted by molar-refractivity contribution is -0.385. The number of ether oxygens (including phenoxy) is 1. The van der Waals surface area contributed by atoms with Gasteiger partial charge in [-0.2, -0.15) is 0 Å². The maximum atomic E-state index is 10.7. The van der Waals surface area contributed by atoms with Gasteiger partial charge in [0.15, 0.2) is 0 Å². The first kappa shape index (κ1) is 14.0.